The molecule has 1 heterocycles. The molecule has 1 aliphatic heterocycles. The molecule has 19 heavy (non-hydrogen) atoms. The highest BCUT2D eigenvalue weighted by atomic mass is 35.5. The molecule has 4 N–H and O–H groups in total. The molecule has 0 bridgehead atoms. The van der Waals surface area contributed by atoms with E-state index in [4.69, 9.17) is 26.2 Å². The van der Waals surface area contributed by atoms with Crippen LogP contribution in [0.15, 0.2) is 24.3 Å². The standard InChI is InChI=1S/C12H15ClO6/c13-6-3-1-2-4-7(6)18-12-11(17)10(16)9(15)8(5-14)19-12/h1-4,8-12,14-17H,5H2. The molecule has 0 saturated carbocycles. The van der Waals surface area contributed by atoms with Crippen molar-refractivity contribution in [3.63, 3.8) is 0 Å². The highest BCUT2D eigenvalue weighted by Crippen LogP contribution is 2.28. The summed E-state index contributed by atoms with van der Waals surface area (Å²) >= 11 is 5.90. The van der Waals surface area contributed by atoms with Crippen molar-refractivity contribution in [3.8, 4) is 5.75 Å². The van der Waals surface area contributed by atoms with Crippen LogP contribution < -0.4 is 4.74 Å². The lowest BCUT2D eigenvalue weighted by Crippen LogP contribution is -2.60. The average molecular weight is 291 g/mol. The van der Waals surface area contributed by atoms with Crippen LogP contribution in [0.2, 0.25) is 5.02 Å². The van der Waals surface area contributed by atoms with E-state index in [1.54, 1.807) is 24.3 Å². The van der Waals surface area contributed by atoms with Crippen LogP contribution in [0.1, 0.15) is 0 Å². The third-order valence-corrected chi connectivity index (χ3v) is 3.24. The zero-order valence-electron chi connectivity index (χ0n) is 9.89. The smallest absolute Gasteiger partial charge is 0.229 e. The molecule has 5 unspecified atom stereocenters. The van der Waals surface area contributed by atoms with Gasteiger partial charge >= 0.3 is 0 Å². The largest absolute Gasteiger partial charge is 0.460 e. The summed E-state index contributed by atoms with van der Waals surface area (Å²) in [6.07, 6.45) is -6.57. The Kier molecular flexibility index (Phi) is 4.62. The Bertz CT molecular complexity index is 426. The molecule has 0 aliphatic carbocycles. The summed E-state index contributed by atoms with van der Waals surface area (Å²) in [6, 6.07) is 6.57. The zero-order valence-corrected chi connectivity index (χ0v) is 10.6. The van der Waals surface area contributed by atoms with Crippen LogP contribution in [0.4, 0.5) is 0 Å². The van der Waals surface area contributed by atoms with E-state index in [0.717, 1.165) is 0 Å². The molecule has 7 heteroatoms. The Morgan fingerprint density at radius 3 is 2.42 bits per heavy atom. The normalized spacial score (nSPS) is 35.1. The number of benzene rings is 1. The van der Waals surface area contributed by atoms with Gasteiger partial charge in [-0.2, -0.15) is 0 Å². The van der Waals surface area contributed by atoms with Crippen LogP contribution in [0.25, 0.3) is 0 Å². The number of halogens is 1. The Morgan fingerprint density at radius 1 is 1.11 bits per heavy atom. The number of ether oxygens (including phenoxy) is 2. The van der Waals surface area contributed by atoms with E-state index in [0.29, 0.717) is 5.02 Å². The summed E-state index contributed by atoms with van der Waals surface area (Å²) < 4.78 is 10.6. The zero-order chi connectivity index (χ0) is 14.0. The van der Waals surface area contributed by atoms with Crippen LogP contribution in [-0.2, 0) is 4.74 Å². The highest BCUT2D eigenvalue weighted by Gasteiger charge is 2.44. The van der Waals surface area contributed by atoms with Crippen LogP contribution in [-0.4, -0.2) is 57.7 Å². The Hall–Kier alpha value is -0.890. The monoisotopic (exact) mass is 290 g/mol. The summed E-state index contributed by atoms with van der Waals surface area (Å²) in [4.78, 5) is 0. The molecule has 1 aromatic carbocycles. The molecule has 1 aromatic rings. The fourth-order valence-corrected chi connectivity index (χ4v) is 2.01. The molecule has 0 amide bonds. The van der Waals surface area contributed by atoms with E-state index < -0.39 is 37.3 Å². The Balaban J connectivity index is 2.13. The van der Waals surface area contributed by atoms with Gasteiger partial charge in [-0.1, -0.05) is 23.7 Å². The maximum atomic E-state index is 9.79. The van der Waals surface area contributed by atoms with Crippen molar-refractivity contribution in [1.82, 2.24) is 0 Å². The highest BCUT2D eigenvalue weighted by molar-refractivity contribution is 6.32. The van der Waals surface area contributed by atoms with Crippen molar-refractivity contribution in [1.29, 1.82) is 0 Å². The van der Waals surface area contributed by atoms with Gasteiger partial charge in [0.25, 0.3) is 0 Å². The summed E-state index contributed by atoms with van der Waals surface area (Å²) in [7, 11) is 0. The number of aliphatic hydroxyl groups excluding tert-OH is 4. The third-order valence-electron chi connectivity index (χ3n) is 2.93. The summed E-state index contributed by atoms with van der Waals surface area (Å²) in [5.41, 5.74) is 0. The second-order valence-corrected chi connectivity index (χ2v) is 4.65. The fraction of sp³-hybridized carbons (Fsp3) is 0.500. The summed E-state index contributed by atoms with van der Waals surface area (Å²) in [6.45, 7) is -0.507. The van der Waals surface area contributed by atoms with Gasteiger partial charge in [-0.05, 0) is 12.1 Å². The van der Waals surface area contributed by atoms with Crippen molar-refractivity contribution in [2.45, 2.75) is 30.7 Å². The molecular formula is C12H15ClO6. The van der Waals surface area contributed by atoms with Gasteiger partial charge in [-0.3, -0.25) is 0 Å². The SMILES string of the molecule is OCC1OC(Oc2ccccc2Cl)C(O)C(O)C1O. The molecule has 2 rings (SSSR count). The molecule has 0 aromatic heterocycles. The van der Waals surface area contributed by atoms with Gasteiger partial charge in [0.05, 0.1) is 11.6 Å². The summed E-state index contributed by atoms with van der Waals surface area (Å²) in [5, 5.41) is 38.4. The minimum atomic E-state index is -1.47. The van der Waals surface area contributed by atoms with Gasteiger partial charge < -0.3 is 29.9 Å². The van der Waals surface area contributed by atoms with E-state index in [9.17, 15) is 15.3 Å². The molecule has 1 aliphatic rings. The first-order valence-electron chi connectivity index (χ1n) is 5.76. The van der Waals surface area contributed by atoms with Crippen LogP contribution >= 0.6 is 11.6 Å². The number of hydrogen-bond acceptors (Lipinski definition) is 6. The number of para-hydroxylation sites is 1. The lowest BCUT2D eigenvalue weighted by atomic mass is 9.99. The molecule has 0 radical (unpaired) electrons. The van der Waals surface area contributed by atoms with Crippen molar-refractivity contribution in [2.24, 2.45) is 0 Å². The van der Waals surface area contributed by atoms with Gasteiger partial charge in [0.15, 0.2) is 0 Å². The predicted octanol–water partition coefficient (Wildman–Crippen LogP) is -0.481. The lowest BCUT2D eigenvalue weighted by molar-refractivity contribution is -0.277. The first-order valence-corrected chi connectivity index (χ1v) is 6.14. The first-order chi connectivity index (χ1) is 9.04. The molecule has 5 atom stereocenters. The second kappa shape index (κ2) is 6.04. The molecule has 1 saturated heterocycles. The number of hydrogen-bond donors (Lipinski definition) is 4. The predicted molar refractivity (Wildman–Crippen MR) is 65.8 cm³/mol. The second-order valence-electron chi connectivity index (χ2n) is 4.25. The molecule has 6 nitrogen and oxygen atoms in total. The molecule has 0 spiro atoms. The summed E-state index contributed by atoms with van der Waals surface area (Å²) in [5.74, 6) is 0.272. The van der Waals surface area contributed by atoms with Gasteiger partial charge in [-0.25, -0.2) is 0 Å². The van der Waals surface area contributed by atoms with Gasteiger partial charge in [0, 0.05) is 0 Å². The van der Waals surface area contributed by atoms with Crippen LogP contribution in [0, 0.1) is 0 Å². The van der Waals surface area contributed by atoms with Gasteiger partial charge in [0.1, 0.15) is 30.2 Å². The van der Waals surface area contributed by atoms with E-state index >= 15 is 0 Å². The van der Waals surface area contributed by atoms with Crippen molar-refractivity contribution < 1.29 is 29.9 Å². The third kappa shape index (κ3) is 3.00. The molecule has 106 valence electrons. The number of aliphatic hydroxyl groups is 4. The van der Waals surface area contributed by atoms with Crippen molar-refractivity contribution in [2.75, 3.05) is 6.61 Å². The maximum absolute atomic E-state index is 9.79. The minimum Gasteiger partial charge on any atom is -0.460 e. The quantitative estimate of drug-likeness (QED) is 0.600. The number of rotatable bonds is 3. The van der Waals surface area contributed by atoms with Crippen LogP contribution in [0.3, 0.4) is 0 Å². The van der Waals surface area contributed by atoms with E-state index in [-0.39, 0.29) is 5.75 Å². The van der Waals surface area contributed by atoms with Crippen molar-refractivity contribution in [3.05, 3.63) is 29.3 Å². The van der Waals surface area contributed by atoms with E-state index in [2.05, 4.69) is 0 Å². The molecule has 1 fully saturated rings. The van der Waals surface area contributed by atoms with Gasteiger partial charge in [-0.15, -0.1) is 0 Å². The van der Waals surface area contributed by atoms with E-state index in [1.165, 1.54) is 0 Å². The van der Waals surface area contributed by atoms with E-state index in [1.807, 2.05) is 0 Å². The van der Waals surface area contributed by atoms with Gasteiger partial charge in [0.2, 0.25) is 6.29 Å². The maximum Gasteiger partial charge on any atom is 0.229 e. The minimum absolute atomic E-state index is 0.272. The molecular weight excluding hydrogens is 276 g/mol. The first kappa shape index (κ1) is 14.5. The van der Waals surface area contributed by atoms with Crippen molar-refractivity contribution >= 4 is 11.6 Å². The topological polar surface area (TPSA) is 99.4 Å². The average Bonchev–Trinajstić information content (AvgIpc) is 2.41. The Labute approximate surface area is 114 Å². The Morgan fingerprint density at radius 2 is 1.79 bits per heavy atom. The fourth-order valence-electron chi connectivity index (χ4n) is 1.83. The lowest BCUT2D eigenvalue weighted by Gasteiger charge is -2.39. The van der Waals surface area contributed by atoms with Crippen LogP contribution in [0.5, 0.6) is 5.75 Å².